The van der Waals surface area contributed by atoms with Gasteiger partial charge in [-0.15, -0.1) is 11.3 Å². The Balaban J connectivity index is 1.88. The molecule has 1 fully saturated rings. The van der Waals surface area contributed by atoms with Crippen molar-refractivity contribution in [3.05, 3.63) is 22.4 Å². The first-order chi connectivity index (χ1) is 6.86. The van der Waals surface area contributed by atoms with E-state index in [2.05, 4.69) is 5.32 Å². The highest BCUT2D eigenvalue weighted by Gasteiger charge is 2.20. The molecule has 14 heavy (non-hydrogen) atoms. The number of ketones is 1. The number of hydrogen-bond acceptors (Lipinski definition) is 3. The lowest BCUT2D eigenvalue weighted by Crippen LogP contribution is -2.41. The Hall–Kier alpha value is -0.670. The average molecular weight is 209 g/mol. The van der Waals surface area contributed by atoms with Crippen molar-refractivity contribution in [1.29, 1.82) is 0 Å². The van der Waals surface area contributed by atoms with Gasteiger partial charge in [0.25, 0.3) is 0 Å². The van der Waals surface area contributed by atoms with Crippen molar-refractivity contribution < 1.29 is 4.79 Å². The molecule has 1 aliphatic heterocycles. The molecule has 1 unspecified atom stereocenters. The molecule has 1 N–H and O–H groups in total. The van der Waals surface area contributed by atoms with E-state index in [-0.39, 0.29) is 6.04 Å². The molecule has 0 amide bonds. The van der Waals surface area contributed by atoms with Crippen molar-refractivity contribution in [2.24, 2.45) is 0 Å². The first-order valence-corrected chi connectivity index (χ1v) is 6.03. The van der Waals surface area contributed by atoms with Crippen molar-refractivity contribution in [3.8, 4) is 0 Å². The molecule has 0 radical (unpaired) electrons. The molecule has 0 bridgehead atoms. The Morgan fingerprint density at radius 1 is 1.57 bits per heavy atom. The molecule has 1 saturated heterocycles. The van der Waals surface area contributed by atoms with Crippen molar-refractivity contribution in [3.63, 3.8) is 0 Å². The summed E-state index contributed by atoms with van der Waals surface area (Å²) in [4.78, 5) is 13.0. The molecule has 2 heterocycles. The number of thiophene rings is 1. The van der Waals surface area contributed by atoms with Gasteiger partial charge >= 0.3 is 0 Å². The minimum atomic E-state index is 0.117. The van der Waals surface area contributed by atoms with E-state index in [0.29, 0.717) is 12.2 Å². The maximum atomic E-state index is 11.8. The fourth-order valence-corrected chi connectivity index (χ4v) is 2.55. The third-order valence-corrected chi connectivity index (χ3v) is 3.50. The zero-order valence-corrected chi connectivity index (χ0v) is 8.98. The van der Waals surface area contributed by atoms with E-state index in [0.717, 1.165) is 13.0 Å². The molecule has 1 aromatic heterocycles. The van der Waals surface area contributed by atoms with Crippen molar-refractivity contribution >= 4 is 17.1 Å². The topological polar surface area (TPSA) is 29.1 Å². The maximum Gasteiger partial charge on any atom is 0.154 e. The summed E-state index contributed by atoms with van der Waals surface area (Å²) < 4.78 is 0. The van der Waals surface area contributed by atoms with Crippen LogP contribution in [0.25, 0.3) is 0 Å². The maximum absolute atomic E-state index is 11.8. The minimum Gasteiger partial charge on any atom is -0.307 e. The molecular formula is C11H15NOS. The zero-order valence-electron chi connectivity index (χ0n) is 8.16. The van der Waals surface area contributed by atoms with Gasteiger partial charge in [0, 0.05) is 11.3 Å². The van der Waals surface area contributed by atoms with Crippen LogP contribution >= 0.6 is 11.3 Å². The van der Waals surface area contributed by atoms with Crippen LogP contribution in [0.15, 0.2) is 17.5 Å². The number of piperidine rings is 1. The second kappa shape index (κ2) is 4.71. The van der Waals surface area contributed by atoms with Crippen LogP contribution in [0.2, 0.25) is 0 Å². The molecule has 0 aromatic carbocycles. The second-order valence-electron chi connectivity index (χ2n) is 3.72. The van der Waals surface area contributed by atoms with E-state index in [1.807, 2.05) is 17.5 Å². The lowest BCUT2D eigenvalue weighted by Gasteiger charge is -2.21. The van der Waals surface area contributed by atoms with Gasteiger partial charge in [0.05, 0.1) is 6.04 Å². The van der Waals surface area contributed by atoms with Crippen LogP contribution in [0.4, 0.5) is 0 Å². The summed E-state index contributed by atoms with van der Waals surface area (Å²) >= 11 is 1.67. The summed E-state index contributed by atoms with van der Waals surface area (Å²) in [7, 11) is 0. The van der Waals surface area contributed by atoms with Gasteiger partial charge < -0.3 is 5.32 Å². The Bertz CT molecular complexity index is 288. The number of hydrogen-bond donors (Lipinski definition) is 1. The number of Topliss-reactive ketones (excluding diaryl/α,β-unsaturated/α-hetero) is 1. The normalized spacial score (nSPS) is 22.1. The summed E-state index contributed by atoms with van der Waals surface area (Å²) in [6.07, 6.45) is 4.02. The highest BCUT2D eigenvalue weighted by molar-refractivity contribution is 7.10. The minimum absolute atomic E-state index is 0.117. The molecule has 0 aliphatic carbocycles. The monoisotopic (exact) mass is 209 g/mol. The predicted molar refractivity (Wildman–Crippen MR) is 58.7 cm³/mol. The van der Waals surface area contributed by atoms with Crippen molar-refractivity contribution in [1.82, 2.24) is 5.32 Å². The smallest absolute Gasteiger partial charge is 0.154 e. The quantitative estimate of drug-likeness (QED) is 0.825. The molecule has 0 saturated carbocycles. The summed E-state index contributed by atoms with van der Waals surface area (Å²) in [5.74, 6) is 0.354. The zero-order chi connectivity index (χ0) is 9.80. The standard InChI is InChI=1S/C11H15NOS/c13-11(8-9-4-3-7-14-9)10-5-1-2-6-12-10/h3-4,7,10,12H,1-2,5-6,8H2. The van der Waals surface area contributed by atoms with Crippen LogP contribution in [0.5, 0.6) is 0 Å². The summed E-state index contributed by atoms with van der Waals surface area (Å²) in [5, 5.41) is 5.31. The molecule has 2 nitrogen and oxygen atoms in total. The Labute approximate surface area is 88.3 Å². The molecule has 1 aromatic rings. The summed E-state index contributed by atoms with van der Waals surface area (Å²) in [6.45, 7) is 1.00. The van der Waals surface area contributed by atoms with Gasteiger partial charge in [0.15, 0.2) is 5.78 Å². The van der Waals surface area contributed by atoms with E-state index in [1.54, 1.807) is 11.3 Å². The fraction of sp³-hybridized carbons (Fsp3) is 0.545. The summed E-state index contributed by atoms with van der Waals surface area (Å²) in [5.41, 5.74) is 0. The van der Waals surface area contributed by atoms with E-state index in [9.17, 15) is 4.79 Å². The number of nitrogens with one attached hydrogen (secondary N) is 1. The van der Waals surface area contributed by atoms with Crippen LogP contribution in [0, 0.1) is 0 Å². The highest BCUT2D eigenvalue weighted by atomic mass is 32.1. The van der Waals surface area contributed by atoms with E-state index in [1.165, 1.54) is 17.7 Å². The van der Waals surface area contributed by atoms with Crippen LogP contribution in [-0.4, -0.2) is 18.4 Å². The van der Waals surface area contributed by atoms with Crippen LogP contribution < -0.4 is 5.32 Å². The Morgan fingerprint density at radius 3 is 3.14 bits per heavy atom. The van der Waals surface area contributed by atoms with Crippen LogP contribution in [0.3, 0.4) is 0 Å². The van der Waals surface area contributed by atoms with Crippen molar-refractivity contribution in [2.45, 2.75) is 31.7 Å². The van der Waals surface area contributed by atoms with Gasteiger partial charge in [0.2, 0.25) is 0 Å². The van der Waals surface area contributed by atoms with Gasteiger partial charge in [-0.05, 0) is 30.8 Å². The first kappa shape index (κ1) is 9.87. The molecule has 2 rings (SSSR count). The number of rotatable bonds is 3. The predicted octanol–water partition coefficient (Wildman–Crippen LogP) is 2.00. The Kier molecular flexibility index (Phi) is 3.32. The third kappa shape index (κ3) is 2.42. The van der Waals surface area contributed by atoms with Crippen LogP contribution in [0.1, 0.15) is 24.1 Å². The van der Waals surface area contributed by atoms with Gasteiger partial charge in [-0.25, -0.2) is 0 Å². The Morgan fingerprint density at radius 2 is 2.50 bits per heavy atom. The largest absolute Gasteiger partial charge is 0.307 e. The highest BCUT2D eigenvalue weighted by Crippen LogP contribution is 2.14. The SMILES string of the molecule is O=C(Cc1cccs1)C1CCCCN1. The van der Waals surface area contributed by atoms with E-state index in [4.69, 9.17) is 0 Å². The molecular weight excluding hydrogens is 194 g/mol. The number of carbonyl (C=O) groups excluding carboxylic acids is 1. The summed E-state index contributed by atoms with van der Waals surface area (Å²) in [6, 6.07) is 4.15. The van der Waals surface area contributed by atoms with Crippen LogP contribution in [-0.2, 0) is 11.2 Å². The van der Waals surface area contributed by atoms with Gasteiger partial charge in [-0.1, -0.05) is 12.5 Å². The average Bonchev–Trinajstić information content (AvgIpc) is 2.72. The molecule has 3 heteroatoms. The second-order valence-corrected chi connectivity index (χ2v) is 4.76. The molecule has 76 valence electrons. The van der Waals surface area contributed by atoms with E-state index < -0.39 is 0 Å². The molecule has 0 spiro atoms. The van der Waals surface area contributed by atoms with Gasteiger partial charge in [0.1, 0.15) is 0 Å². The van der Waals surface area contributed by atoms with Gasteiger partial charge in [-0.2, -0.15) is 0 Å². The lowest BCUT2D eigenvalue weighted by atomic mass is 9.99. The van der Waals surface area contributed by atoms with E-state index >= 15 is 0 Å². The lowest BCUT2D eigenvalue weighted by molar-refractivity contribution is -0.120. The fourth-order valence-electron chi connectivity index (χ4n) is 1.83. The molecule has 1 atom stereocenters. The van der Waals surface area contributed by atoms with Crippen molar-refractivity contribution in [2.75, 3.05) is 6.54 Å². The third-order valence-electron chi connectivity index (χ3n) is 2.63. The first-order valence-electron chi connectivity index (χ1n) is 5.15. The number of carbonyl (C=O) groups is 1. The van der Waals surface area contributed by atoms with Gasteiger partial charge in [-0.3, -0.25) is 4.79 Å². The molecule has 1 aliphatic rings.